The SMILES string of the molecule is O=C(ON1CCO[C@H](CO)C1)c1ccccc1. The lowest BCUT2D eigenvalue weighted by Gasteiger charge is -2.30. The minimum atomic E-state index is -0.385. The van der Waals surface area contributed by atoms with Crippen molar-refractivity contribution >= 4 is 5.97 Å². The molecule has 2 rings (SSSR count). The molecule has 1 aliphatic rings. The molecule has 1 aromatic carbocycles. The predicted octanol–water partition coefficient (Wildman–Crippen LogP) is 0.451. The number of morpholine rings is 1. The predicted molar refractivity (Wildman–Crippen MR) is 60.3 cm³/mol. The van der Waals surface area contributed by atoms with Crippen molar-refractivity contribution in [3.63, 3.8) is 0 Å². The monoisotopic (exact) mass is 237 g/mol. The molecule has 1 aromatic rings. The number of ether oxygens (including phenoxy) is 1. The van der Waals surface area contributed by atoms with Crippen molar-refractivity contribution in [1.29, 1.82) is 0 Å². The van der Waals surface area contributed by atoms with E-state index < -0.39 is 0 Å². The Balaban J connectivity index is 1.90. The molecule has 1 atom stereocenters. The van der Waals surface area contributed by atoms with Gasteiger partial charge < -0.3 is 14.7 Å². The van der Waals surface area contributed by atoms with Crippen LogP contribution in [0.2, 0.25) is 0 Å². The van der Waals surface area contributed by atoms with Gasteiger partial charge in [0.05, 0.1) is 38.0 Å². The van der Waals surface area contributed by atoms with E-state index in [1.54, 1.807) is 24.3 Å². The number of rotatable bonds is 3. The van der Waals surface area contributed by atoms with Crippen LogP contribution in [-0.2, 0) is 9.57 Å². The summed E-state index contributed by atoms with van der Waals surface area (Å²) in [5.41, 5.74) is 0.513. The third-order valence-corrected chi connectivity index (χ3v) is 2.53. The van der Waals surface area contributed by atoms with Crippen LogP contribution < -0.4 is 0 Å². The average Bonchev–Trinajstić information content (AvgIpc) is 2.40. The molecule has 1 heterocycles. The molecule has 0 unspecified atom stereocenters. The molecule has 0 saturated carbocycles. The van der Waals surface area contributed by atoms with Gasteiger partial charge in [-0.3, -0.25) is 0 Å². The number of benzene rings is 1. The molecule has 0 bridgehead atoms. The molecule has 5 nitrogen and oxygen atoms in total. The van der Waals surface area contributed by atoms with Crippen molar-refractivity contribution in [1.82, 2.24) is 5.06 Å². The summed E-state index contributed by atoms with van der Waals surface area (Å²) in [6.45, 7) is 1.30. The largest absolute Gasteiger partial charge is 0.394 e. The van der Waals surface area contributed by atoms with Crippen LogP contribution in [0.3, 0.4) is 0 Å². The van der Waals surface area contributed by atoms with Gasteiger partial charge in [0, 0.05) is 0 Å². The third-order valence-electron chi connectivity index (χ3n) is 2.53. The zero-order valence-electron chi connectivity index (χ0n) is 9.41. The lowest BCUT2D eigenvalue weighted by atomic mass is 10.2. The van der Waals surface area contributed by atoms with E-state index in [2.05, 4.69) is 0 Å². The second-order valence-electron chi connectivity index (χ2n) is 3.81. The number of hydrogen-bond donors (Lipinski definition) is 1. The zero-order valence-corrected chi connectivity index (χ0v) is 9.41. The molecule has 0 amide bonds. The van der Waals surface area contributed by atoms with E-state index in [9.17, 15) is 4.79 Å². The Morgan fingerprint density at radius 1 is 1.47 bits per heavy atom. The molecule has 17 heavy (non-hydrogen) atoms. The van der Waals surface area contributed by atoms with Gasteiger partial charge in [-0.05, 0) is 12.1 Å². The van der Waals surface area contributed by atoms with Gasteiger partial charge in [0.2, 0.25) is 0 Å². The van der Waals surface area contributed by atoms with Gasteiger partial charge in [0.1, 0.15) is 0 Å². The Hall–Kier alpha value is -1.43. The van der Waals surface area contributed by atoms with E-state index in [4.69, 9.17) is 14.7 Å². The Kier molecular flexibility index (Phi) is 4.08. The van der Waals surface area contributed by atoms with Gasteiger partial charge >= 0.3 is 5.97 Å². The molecule has 0 spiro atoms. The van der Waals surface area contributed by atoms with Crippen molar-refractivity contribution in [2.75, 3.05) is 26.3 Å². The lowest BCUT2D eigenvalue weighted by Crippen LogP contribution is -2.44. The summed E-state index contributed by atoms with van der Waals surface area (Å²) in [7, 11) is 0. The van der Waals surface area contributed by atoms with Crippen LogP contribution in [0.15, 0.2) is 30.3 Å². The van der Waals surface area contributed by atoms with E-state index in [1.165, 1.54) is 5.06 Å². The van der Waals surface area contributed by atoms with Crippen molar-refractivity contribution in [2.45, 2.75) is 6.10 Å². The highest BCUT2D eigenvalue weighted by molar-refractivity contribution is 5.89. The number of hydrogen-bond acceptors (Lipinski definition) is 5. The summed E-state index contributed by atoms with van der Waals surface area (Å²) in [4.78, 5) is 17.0. The normalized spacial score (nSPS) is 21.1. The summed E-state index contributed by atoms with van der Waals surface area (Å²) in [5.74, 6) is -0.385. The van der Waals surface area contributed by atoms with Crippen LogP contribution in [0, 0.1) is 0 Å². The maximum atomic E-state index is 11.7. The molecule has 0 aliphatic carbocycles. The van der Waals surface area contributed by atoms with Gasteiger partial charge in [-0.1, -0.05) is 18.2 Å². The molecular formula is C12H15NO4. The molecule has 0 aromatic heterocycles. The summed E-state index contributed by atoms with van der Waals surface area (Å²) < 4.78 is 5.26. The standard InChI is InChI=1S/C12H15NO4/c14-9-11-8-13(6-7-16-11)17-12(15)10-4-2-1-3-5-10/h1-5,11,14H,6-9H2/t11-/m0/s1. The minimum absolute atomic E-state index is 0.0701. The maximum Gasteiger partial charge on any atom is 0.357 e. The highest BCUT2D eigenvalue weighted by Crippen LogP contribution is 2.08. The second-order valence-corrected chi connectivity index (χ2v) is 3.81. The fourth-order valence-electron chi connectivity index (χ4n) is 1.63. The Morgan fingerprint density at radius 2 is 2.24 bits per heavy atom. The van der Waals surface area contributed by atoms with E-state index in [0.717, 1.165) is 0 Å². The first kappa shape index (κ1) is 12.0. The number of hydroxylamine groups is 2. The smallest absolute Gasteiger partial charge is 0.357 e. The Morgan fingerprint density at radius 3 is 2.94 bits per heavy atom. The zero-order chi connectivity index (χ0) is 12.1. The Labute approximate surface area is 99.5 Å². The molecule has 0 radical (unpaired) electrons. The first-order valence-corrected chi connectivity index (χ1v) is 5.54. The summed E-state index contributed by atoms with van der Waals surface area (Å²) in [6, 6.07) is 8.81. The molecular weight excluding hydrogens is 222 g/mol. The van der Waals surface area contributed by atoms with Gasteiger partial charge in [-0.2, -0.15) is 0 Å². The molecule has 5 heteroatoms. The van der Waals surface area contributed by atoms with Crippen molar-refractivity contribution < 1.29 is 19.5 Å². The highest BCUT2D eigenvalue weighted by atomic mass is 16.7. The van der Waals surface area contributed by atoms with Crippen LogP contribution in [0.1, 0.15) is 10.4 Å². The van der Waals surface area contributed by atoms with E-state index in [0.29, 0.717) is 25.3 Å². The molecule has 1 saturated heterocycles. The van der Waals surface area contributed by atoms with E-state index in [-0.39, 0.29) is 18.7 Å². The first-order chi connectivity index (χ1) is 8.29. The molecule has 92 valence electrons. The number of nitrogens with zero attached hydrogens (tertiary/aromatic N) is 1. The van der Waals surface area contributed by atoms with Gasteiger partial charge in [0.25, 0.3) is 0 Å². The van der Waals surface area contributed by atoms with Crippen molar-refractivity contribution in [2.24, 2.45) is 0 Å². The van der Waals surface area contributed by atoms with Crippen LogP contribution in [-0.4, -0.2) is 48.5 Å². The van der Waals surface area contributed by atoms with E-state index >= 15 is 0 Å². The topological polar surface area (TPSA) is 59.0 Å². The average molecular weight is 237 g/mol. The molecule has 1 N–H and O–H groups in total. The second kappa shape index (κ2) is 5.77. The van der Waals surface area contributed by atoms with Gasteiger partial charge in [-0.25, -0.2) is 4.79 Å². The van der Waals surface area contributed by atoms with Crippen LogP contribution >= 0.6 is 0 Å². The molecule has 1 fully saturated rings. The number of aliphatic hydroxyl groups excluding tert-OH is 1. The fourth-order valence-corrected chi connectivity index (χ4v) is 1.63. The fraction of sp³-hybridized carbons (Fsp3) is 0.417. The van der Waals surface area contributed by atoms with Crippen LogP contribution in [0.5, 0.6) is 0 Å². The van der Waals surface area contributed by atoms with Crippen LogP contribution in [0.4, 0.5) is 0 Å². The highest BCUT2D eigenvalue weighted by Gasteiger charge is 2.23. The van der Waals surface area contributed by atoms with E-state index in [1.807, 2.05) is 6.07 Å². The lowest BCUT2D eigenvalue weighted by molar-refractivity contribution is -0.179. The maximum absolute atomic E-state index is 11.7. The summed E-state index contributed by atoms with van der Waals surface area (Å²) in [5, 5.41) is 10.5. The molecule has 1 aliphatic heterocycles. The van der Waals surface area contributed by atoms with Crippen molar-refractivity contribution in [3.05, 3.63) is 35.9 Å². The van der Waals surface area contributed by atoms with Gasteiger partial charge in [0.15, 0.2) is 0 Å². The summed E-state index contributed by atoms with van der Waals surface area (Å²) in [6.07, 6.45) is -0.285. The number of carbonyl (C=O) groups excluding carboxylic acids is 1. The number of carbonyl (C=O) groups is 1. The quantitative estimate of drug-likeness (QED) is 0.827. The Bertz CT molecular complexity index is 368. The third kappa shape index (κ3) is 3.26. The summed E-state index contributed by atoms with van der Waals surface area (Å²) >= 11 is 0. The van der Waals surface area contributed by atoms with Gasteiger partial charge in [-0.15, -0.1) is 5.06 Å². The first-order valence-electron chi connectivity index (χ1n) is 5.54. The minimum Gasteiger partial charge on any atom is -0.394 e. The van der Waals surface area contributed by atoms with Crippen LogP contribution in [0.25, 0.3) is 0 Å². The van der Waals surface area contributed by atoms with Crippen molar-refractivity contribution in [3.8, 4) is 0 Å². The number of aliphatic hydroxyl groups is 1.